The summed E-state index contributed by atoms with van der Waals surface area (Å²) in [4.78, 5) is 0. The molecular weight excluding hydrogens is 240 g/mol. The third kappa shape index (κ3) is 2.58. The van der Waals surface area contributed by atoms with Crippen LogP contribution in [0.4, 0.5) is 14.5 Å². The van der Waals surface area contributed by atoms with E-state index in [1.54, 1.807) is 30.1 Å². The van der Waals surface area contributed by atoms with Crippen molar-refractivity contribution in [1.29, 1.82) is 0 Å². The van der Waals surface area contributed by atoms with E-state index in [2.05, 4.69) is 5.10 Å². The van der Waals surface area contributed by atoms with E-state index in [0.717, 1.165) is 0 Å². The molecule has 1 aromatic heterocycles. The Hall–Kier alpha value is -2.11. The minimum Gasteiger partial charge on any atom is -0.472 e. The van der Waals surface area contributed by atoms with E-state index in [-0.39, 0.29) is 12.2 Å². The SMILES string of the molecule is Cn1ccc(OCc2c(N)cccc2C(F)F)n1. The topological polar surface area (TPSA) is 53.1 Å². The van der Waals surface area contributed by atoms with Crippen molar-refractivity contribution in [2.45, 2.75) is 13.0 Å². The number of nitrogen functional groups attached to an aromatic ring is 1. The van der Waals surface area contributed by atoms with Gasteiger partial charge in [-0.3, -0.25) is 4.68 Å². The number of hydrogen-bond acceptors (Lipinski definition) is 3. The van der Waals surface area contributed by atoms with Gasteiger partial charge in [-0.05, 0) is 6.07 Å². The molecule has 0 fully saturated rings. The highest BCUT2D eigenvalue weighted by atomic mass is 19.3. The summed E-state index contributed by atoms with van der Waals surface area (Å²) in [5.41, 5.74) is 6.18. The van der Waals surface area contributed by atoms with E-state index >= 15 is 0 Å². The predicted molar refractivity (Wildman–Crippen MR) is 63.4 cm³/mol. The van der Waals surface area contributed by atoms with Gasteiger partial charge in [0, 0.05) is 36.1 Å². The molecule has 0 saturated heterocycles. The summed E-state index contributed by atoms with van der Waals surface area (Å²) >= 11 is 0. The molecule has 18 heavy (non-hydrogen) atoms. The maximum Gasteiger partial charge on any atom is 0.264 e. The molecule has 0 atom stereocenters. The van der Waals surface area contributed by atoms with Gasteiger partial charge < -0.3 is 10.5 Å². The van der Waals surface area contributed by atoms with Crippen LogP contribution < -0.4 is 10.5 Å². The maximum atomic E-state index is 12.8. The smallest absolute Gasteiger partial charge is 0.264 e. The molecule has 2 rings (SSSR count). The Morgan fingerprint density at radius 2 is 2.17 bits per heavy atom. The first kappa shape index (κ1) is 12.3. The summed E-state index contributed by atoms with van der Waals surface area (Å²) in [7, 11) is 1.74. The number of halogens is 2. The largest absolute Gasteiger partial charge is 0.472 e. The van der Waals surface area contributed by atoms with Gasteiger partial charge in [0.25, 0.3) is 6.43 Å². The molecule has 0 aliphatic rings. The first-order valence-electron chi connectivity index (χ1n) is 5.36. The Bertz CT molecular complexity index is 540. The molecule has 0 aliphatic carbocycles. The van der Waals surface area contributed by atoms with Crippen molar-refractivity contribution >= 4 is 5.69 Å². The van der Waals surface area contributed by atoms with Gasteiger partial charge in [-0.2, -0.15) is 0 Å². The molecule has 4 nitrogen and oxygen atoms in total. The van der Waals surface area contributed by atoms with Crippen LogP contribution in [0.15, 0.2) is 30.5 Å². The summed E-state index contributed by atoms with van der Waals surface area (Å²) in [5, 5.41) is 4.00. The zero-order valence-corrected chi connectivity index (χ0v) is 9.81. The Labute approximate surface area is 103 Å². The van der Waals surface area contributed by atoms with Gasteiger partial charge in [-0.15, -0.1) is 5.10 Å². The molecule has 0 bridgehead atoms. The van der Waals surface area contributed by atoms with Crippen LogP contribution in [0, 0.1) is 0 Å². The summed E-state index contributed by atoms with van der Waals surface area (Å²) in [6, 6.07) is 6.07. The van der Waals surface area contributed by atoms with Gasteiger partial charge in [0.2, 0.25) is 5.88 Å². The van der Waals surface area contributed by atoms with Gasteiger partial charge >= 0.3 is 0 Å². The van der Waals surface area contributed by atoms with Gasteiger partial charge in [0.15, 0.2) is 0 Å². The zero-order valence-electron chi connectivity index (χ0n) is 9.81. The monoisotopic (exact) mass is 253 g/mol. The fourth-order valence-electron chi connectivity index (χ4n) is 1.61. The number of aromatic nitrogens is 2. The number of hydrogen-bond donors (Lipinski definition) is 1. The van der Waals surface area contributed by atoms with Crippen LogP contribution in [0.1, 0.15) is 17.6 Å². The van der Waals surface area contributed by atoms with Gasteiger partial charge in [0.05, 0.1) is 0 Å². The fourth-order valence-corrected chi connectivity index (χ4v) is 1.61. The second-order valence-electron chi connectivity index (χ2n) is 3.83. The summed E-state index contributed by atoms with van der Waals surface area (Å²) < 4.78 is 32.5. The average Bonchev–Trinajstić information content (AvgIpc) is 2.73. The van der Waals surface area contributed by atoms with Crippen LogP contribution in [-0.2, 0) is 13.7 Å². The molecule has 1 aromatic carbocycles. The molecular formula is C12H13F2N3O. The number of anilines is 1. The highest BCUT2D eigenvalue weighted by Gasteiger charge is 2.15. The third-order valence-corrected chi connectivity index (χ3v) is 2.54. The Morgan fingerprint density at radius 1 is 1.39 bits per heavy atom. The lowest BCUT2D eigenvalue weighted by Crippen LogP contribution is -2.05. The molecule has 0 radical (unpaired) electrons. The molecule has 2 N–H and O–H groups in total. The van der Waals surface area contributed by atoms with Crippen LogP contribution in [0.25, 0.3) is 0 Å². The van der Waals surface area contributed by atoms with E-state index in [1.165, 1.54) is 12.1 Å². The molecule has 6 heteroatoms. The van der Waals surface area contributed by atoms with E-state index in [4.69, 9.17) is 10.5 Å². The van der Waals surface area contributed by atoms with Crippen molar-refractivity contribution < 1.29 is 13.5 Å². The summed E-state index contributed by atoms with van der Waals surface area (Å²) in [6.07, 6.45) is -0.867. The highest BCUT2D eigenvalue weighted by molar-refractivity contribution is 5.51. The molecule has 0 unspecified atom stereocenters. The first-order chi connectivity index (χ1) is 8.58. The maximum absolute atomic E-state index is 12.8. The molecule has 0 aliphatic heterocycles. The number of rotatable bonds is 4. The number of aryl methyl sites for hydroxylation is 1. The standard InChI is InChI=1S/C12H13F2N3O/c1-17-6-5-11(16-17)18-7-9-8(12(13)14)3-2-4-10(9)15/h2-6,12H,7,15H2,1H3. The Balaban J connectivity index is 2.18. The Morgan fingerprint density at radius 3 is 2.78 bits per heavy atom. The van der Waals surface area contributed by atoms with Crippen LogP contribution in [-0.4, -0.2) is 9.78 Å². The number of nitrogens with two attached hydrogens (primary N) is 1. The lowest BCUT2D eigenvalue weighted by Gasteiger charge is -2.11. The average molecular weight is 253 g/mol. The van der Waals surface area contributed by atoms with Crippen molar-refractivity contribution in [3.63, 3.8) is 0 Å². The minimum absolute atomic E-state index is 0.0244. The molecule has 0 amide bonds. The van der Waals surface area contributed by atoms with Crippen LogP contribution in [0.2, 0.25) is 0 Å². The predicted octanol–water partition coefficient (Wildman–Crippen LogP) is 2.52. The van der Waals surface area contributed by atoms with Crippen molar-refractivity contribution in [3.8, 4) is 5.88 Å². The van der Waals surface area contributed by atoms with E-state index in [9.17, 15) is 8.78 Å². The number of benzene rings is 1. The second-order valence-corrected chi connectivity index (χ2v) is 3.83. The summed E-state index contributed by atoms with van der Waals surface area (Å²) in [6.45, 7) is -0.0244. The quantitative estimate of drug-likeness (QED) is 0.852. The number of nitrogens with zero attached hydrogens (tertiary/aromatic N) is 2. The zero-order chi connectivity index (χ0) is 13.1. The second kappa shape index (κ2) is 5.03. The van der Waals surface area contributed by atoms with Crippen LogP contribution in [0.5, 0.6) is 5.88 Å². The van der Waals surface area contributed by atoms with Crippen LogP contribution >= 0.6 is 0 Å². The van der Waals surface area contributed by atoms with Crippen molar-refractivity contribution in [3.05, 3.63) is 41.6 Å². The number of alkyl halides is 2. The lowest BCUT2D eigenvalue weighted by atomic mass is 10.1. The fraction of sp³-hybridized carbons (Fsp3) is 0.250. The van der Waals surface area contributed by atoms with Crippen LogP contribution in [0.3, 0.4) is 0 Å². The number of ether oxygens (including phenoxy) is 1. The lowest BCUT2D eigenvalue weighted by molar-refractivity contribution is 0.148. The van der Waals surface area contributed by atoms with Gasteiger partial charge in [0.1, 0.15) is 6.61 Å². The van der Waals surface area contributed by atoms with Gasteiger partial charge in [-0.1, -0.05) is 12.1 Å². The first-order valence-corrected chi connectivity index (χ1v) is 5.36. The van der Waals surface area contributed by atoms with Crippen molar-refractivity contribution in [1.82, 2.24) is 9.78 Å². The third-order valence-electron chi connectivity index (χ3n) is 2.54. The normalized spacial score (nSPS) is 10.9. The molecule has 1 heterocycles. The van der Waals surface area contributed by atoms with E-state index < -0.39 is 6.43 Å². The minimum atomic E-state index is -2.57. The summed E-state index contributed by atoms with van der Waals surface area (Å²) in [5.74, 6) is 0.376. The van der Waals surface area contributed by atoms with Crippen molar-refractivity contribution in [2.24, 2.45) is 7.05 Å². The molecule has 2 aromatic rings. The van der Waals surface area contributed by atoms with E-state index in [1.807, 2.05) is 0 Å². The van der Waals surface area contributed by atoms with Crippen molar-refractivity contribution in [2.75, 3.05) is 5.73 Å². The Kier molecular flexibility index (Phi) is 3.45. The molecule has 96 valence electrons. The molecule has 0 saturated carbocycles. The highest BCUT2D eigenvalue weighted by Crippen LogP contribution is 2.27. The van der Waals surface area contributed by atoms with Gasteiger partial charge in [-0.25, -0.2) is 8.78 Å². The molecule has 0 spiro atoms. The van der Waals surface area contributed by atoms with E-state index in [0.29, 0.717) is 17.1 Å².